The number of carbonyl (C=O) groups is 2. The quantitative estimate of drug-likeness (QED) is 0.362. The number of hydrogen-bond acceptors (Lipinski definition) is 4. The van der Waals surface area contributed by atoms with Crippen LogP contribution in [0.15, 0.2) is 0 Å². The Morgan fingerprint density at radius 1 is 0.958 bits per heavy atom. The summed E-state index contributed by atoms with van der Waals surface area (Å²) in [4.78, 5) is 24.5. The summed E-state index contributed by atoms with van der Waals surface area (Å²) >= 11 is 0. The number of carbonyl (C=O) groups excluding carboxylic acids is 1. The predicted octanol–water partition coefficient (Wildman–Crippen LogP) is 2.64. The van der Waals surface area contributed by atoms with Gasteiger partial charge in [-0.1, -0.05) is 13.8 Å². The van der Waals surface area contributed by atoms with E-state index >= 15 is 0 Å². The summed E-state index contributed by atoms with van der Waals surface area (Å²) < 4.78 is 10.4. The predicted molar refractivity (Wildman–Crippen MR) is 85.7 cm³/mol. The van der Waals surface area contributed by atoms with Crippen LogP contribution < -0.4 is 0 Å². The van der Waals surface area contributed by atoms with Gasteiger partial charge in [-0.15, -0.1) is 0 Å². The largest absolute Gasteiger partial charge is 0.481 e. The summed E-state index contributed by atoms with van der Waals surface area (Å²) in [6, 6.07) is 0. The fourth-order valence-electron chi connectivity index (χ4n) is 7.19. The molecular weight excluding hydrogens is 308 g/mol. The Hall–Kier alpha value is -1.10. The van der Waals surface area contributed by atoms with Crippen LogP contribution in [0.4, 0.5) is 0 Å². The van der Waals surface area contributed by atoms with E-state index in [0.29, 0.717) is 42.1 Å². The van der Waals surface area contributed by atoms with Crippen molar-refractivity contribution in [3.8, 4) is 0 Å². The molecule has 0 aliphatic heterocycles. The van der Waals surface area contributed by atoms with Gasteiger partial charge in [0.05, 0.1) is 11.8 Å². The molecule has 5 heteroatoms. The molecule has 4 rings (SSSR count). The zero-order chi connectivity index (χ0) is 17.2. The summed E-state index contributed by atoms with van der Waals surface area (Å²) in [5.74, 6) is 1.90. The first-order valence-electron chi connectivity index (χ1n) is 9.44. The second kappa shape index (κ2) is 5.72. The van der Waals surface area contributed by atoms with E-state index < -0.39 is 17.8 Å². The number of fused-ring (bicyclic) bond motifs is 9. The van der Waals surface area contributed by atoms with Crippen molar-refractivity contribution in [1.82, 2.24) is 0 Å². The van der Waals surface area contributed by atoms with Crippen LogP contribution in [0.3, 0.4) is 0 Å². The second-order valence-electron chi connectivity index (χ2n) is 8.46. The van der Waals surface area contributed by atoms with Crippen molar-refractivity contribution in [2.45, 2.75) is 33.6 Å². The smallest absolute Gasteiger partial charge is 0.312 e. The molecule has 4 fully saturated rings. The third-order valence-corrected chi connectivity index (χ3v) is 8.05. The van der Waals surface area contributed by atoms with Gasteiger partial charge in [0.1, 0.15) is 0 Å². The van der Waals surface area contributed by atoms with Gasteiger partial charge in [0, 0.05) is 6.61 Å². The van der Waals surface area contributed by atoms with Gasteiger partial charge in [0.25, 0.3) is 0 Å². The first-order valence-corrected chi connectivity index (χ1v) is 9.44. The monoisotopic (exact) mass is 336 g/mol. The maximum absolute atomic E-state index is 12.6. The molecule has 134 valence electrons. The molecule has 1 N–H and O–H groups in total. The lowest BCUT2D eigenvalue weighted by Gasteiger charge is -2.44. The molecule has 4 saturated carbocycles. The number of carboxylic acids is 1. The molecule has 4 aliphatic carbocycles. The van der Waals surface area contributed by atoms with Crippen LogP contribution >= 0.6 is 0 Å². The van der Waals surface area contributed by atoms with E-state index in [-0.39, 0.29) is 24.6 Å². The van der Waals surface area contributed by atoms with Crippen molar-refractivity contribution < 1.29 is 24.2 Å². The Balaban J connectivity index is 1.59. The highest BCUT2D eigenvalue weighted by atomic mass is 16.7. The van der Waals surface area contributed by atoms with Crippen molar-refractivity contribution in [1.29, 1.82) is 0 Å². The van der Waals surface area contributed by atoms with Crippen molar-refractivity contribution in [3.63, 3.8) is 0 Å². The lowest BCUT2D eigenvalue weighted by Crippen LogP contribution is -2.47. The zero-order valence-electron chi connectivity index (χ0n) is 14.7. The van der Waals surface area contributed by atoms with Gasteiger partial charge < -0.3 is 14.6 Å². The highest BCUT2D eigenvalue weighted by Gasteiger charge is 2.71. The van der Waals surface area contributed by atoms with Crippen LogP contribution in [0.2, 0.25) is 0 Å². The molecule has 0 spiro atoms. The third-order valence-electron chi connectivity index (χ3n) is 8.05. The van der Waals surface area contributed by atoms with Crippen molar-refractivity contribution in [2.24, 2.45) is 59.2 Å². The van der Waals surface area contributed by atoms with Crippen LogP contribution in [0, 0.1) is 59.2 Å². The van der Waals surface area contributed by atoms with E-state index in [1.807, 2.05) is 6.92 Å². The number of rotatable bonds is 5. The molecule has 0 aromatic rings. The average molecular weight is 336 g/mol. The van der Waals surface area contributed by atoms with Crippen molar-refractivity contribution >= 4 is 11.9 Å². The molecule has 0 aromatic carbocycles. The van der Waals surface area contributed by atoms with Crippen molar-refractivity contribution in [3.05, 3.63) is 0 Å². The van der Waals surface area contributed by atoms with E-state index in [2.05, 4.69) is 13.8 Å². The van der Waals surface area contributed by atoms with Crippen LogP contribution in [-0.4, -0.2) is 30.4 Å². The first kappa shape index (κ1) is 16.4. The van der Waals surface area contributed by atoms with E-state index in [1.165, 1.54) is 6.42 Å². The molecule has 0 heterocycles. The van der Waals surface area contributed by atoms with Crippen LogP contribution in [0.1, 0.15) is 33.6 Å². The summed E-state index contributed by atoms with van der Waals surface area (Å²) in [6.07, 6.45) is 2.13. The highest BCUT2D eigenvalue weighted by molar-refractivity contribution is 5.83. The average Bonchev–Trinajstić information content (AvgIpc) is 3.25. The molecule has 4 bridgehead atoms. The molecule has 0 saturated heterocycles. The normalized spacial score (nSPS) is 51.0. The van der Waals surface area contributed by atoms with Gasteiger partial charge in [-0.2, -0.15) is 0 Å². The summed E-state index contributed by atoms with van der Waals surface area (Å²) in [6.45, 7) is 6.93. The molecular formula is C19H28O5. The second-order valence-corrected chi connectivity index (χ2v) is 8.46. The Labute approximate surface area is 143 Å². The van der Waals surface area contributed by atoms with Gasteiger partial charge in [-0.3, -0.25) is 9.59 Å². The SMILES string of the molecule is CCOCOC(=O)C1C2CC(C1C(=O)O)C1C3CC(C(C)C3C)C21. The lowest BCUT2D eigenvalue weighted by molar-refractivity contribution is -0.173. The lowest BCUT2D eigenvalue weighted by atomic mass is 9.59. The fraction of sp³-hybridized carbons (Fsp3) is 0.895. The minimum absolute atomic E-state index is 0.0663. The topological polar surface area (TPSA) is 72.8 Å². The van der Waals surface area contributed by atoms with E-state index in [4.69, 9.17) is 9.47 Å². The molecule has 5 nitrogen and oxygen atoms in total. The molecule has 10 atom stereocenters. The Morgan fingerprint density at radius 3 is 2.04 bits per heavy atom. The van der Waals surface area contributed by atoms with Gasteiger partial charge in [-0.05, 0) is 67.1 Å². The summed E-state index contributed by atoms with van der Waals surface area (Å²) in [5, 5.41) is 9.80. The Kier molecular flexibility index (Phi) is 3.90. The van der Waals surface area contributed by atoms with E-state index in [1.54, 1.807) is 0 Å². The highest BCUT2D eigenvalue weighted by Crippen LogP contribution is 2.72. The zero-order valence-corrected chi connectivity index (χ0v) is 14.7. The Morgan fingerprint density at radius 2 is 1.50 bits per heavy atom. The fourth-order valence-corrected chi connectivity index (χ4v) is 7.19. The van der Waals surface area contributed by atoms with Gasteiger partial charge in [0.15, 0.2) is 6.79 Å². The number of esters is 1. The van der Waals surface area contributed by atoms with Gasteiger partial charge in [0.2, 0.25) is 0 Å². The van der Waals surface area contributed by atoms with Crippen LogP contribution in [0.25, 0.3) is 0 Å². The summed E-state index contributed by atoms with van der Waals surface area (Å²) in [7, 11) is 0. The molecule has 0 radical (unpaired) electrons. The maximum Gasteiger partial charge on any atom is 0.312 e. The first-order chi connectivity index (χ1) is 11.5. The minimum atomic E-state index is -0.817. The number of aliphatic carboxylic acids is 1. The van der Waals surface area contributed by atoms with E-state index in [9.17, 15) is 14.7 Å². The molecule has 10 unspecified atom stereocenters. The number of ether oxygens (including phenoxy) is 2. The van der Waals surface area contributed by atoms with Crippen molar-refractivity contribution in [2.75, 3.05) is 13.4 Å². The number of hydrogen-bond donors (Lipinski definition) is 1. The molecule has 0 amide bonds. The maximum atomic E-state index is 12.6. The van der Waals surface area contributed by atoms with Gasteiger partial charge in [-0.25, -0.2) is 0 Å². The van der Waals surface area contributed by atoms with Crippen LogP contribution in [-0.2, 0) is 19.1 Å². The number of carboxylic acid groups (broad SMARTS) is 1. The summed E-state index contributed by atoms with van der Waals surface area (Å²) in [5.41, 5.74) is 0. The minimum Gasteiger partial charge on any atom is -0.481 e. The standard InChI is InChI=1S/C19H28O5/c1-4-23-7-24-19(22)17-13-6-12(16(17)18(20)21)14-10-5-11(15(13)14)9(3)8(10)2/h8-17H,4-7H2,1-3H3,(H,20,21). The Bertz CT molecular complexity index is 546. The third kappa shape index (κ3) is 2.03. The van der Waals surface area contributed by atoms with Crippen LogP contribution in [0.5, 0.6) is 0 Å². The molecule has 4 aliphatic rings. The van der Waals surface area contributed by atoms with E-state index in [0.717, 1.165) is 6.42 Å². The molecule has 0 aromatic heterocycles. The van der Waals surface area contributed by atoms with Gasteiger partial charge >= 0.3 is 11.9 Å². The molecule has 24 heavy (non-hydrogen) atoms.